The highest BCUT2D eigenvalue weighted by Gasteiger charge is 2.14. The van der Waals surface area contributed by atoms with Gasteiger partial charge in [-0.25, -0.2) is 4.79 Å². The molecule has 0 radical (unpaired) electrons. The maximum Gasteiger partial charge on any atom is 0.339 e. The van der Waals surface area contributed by atoms with E-state index in [4.69, 9.17) is 10.8 Å². The number of phenols is 1. The molecule has 6 heteroatoms. The predicted molar refractivity (Wildman–Crippen MR) is 61.9 cm³/mol. The van der Waals surface area contributed by atoms with Gasteiger partial charge in [0, 0.05) is 18.2 Å². The smallest absolute Gasteiger partial charge is 0.339 e. The highest BCUT2D eigenvalue weighted by Crippen LogP contribution is 2.21. The Bertz CT molecular complexity index is 445. The summed E-state index contributed by atoms with van der Waals surface area (Å²) in [4.78, 5) is 22.3. The summed E-state index contributed by atoms with van der Waals surface area (Å²) >= 11 is 0. The Morgan fingerprint density at radius 2 is 2.12 bits per heavy atom. The second-order valence-electron chi connectivity index (χ2n) is 3.66. The molecule has 0 aromatic heterocycles. The molecule has 0 aliphatic heterocycles. The fourth-order valence-electron chi connectivity index (χ4n) is 1.16. The van der Waals surface area contributed by atoms with E-state index in [2.05, 4.69) is 5.32 Å². The van der Waals surface area contributed by atoms with Crippen LogP contribution in [0.1, 0.15) is 17.3 Å². The van der Waals surface area contributed by atoms with Crippen LogP contribution in [0.4, 0.5) is 5.69 Å². The van der Waals surface area contributed by atoms with Gasteiger partial charge in [0.1, 0.15) is 11.3 Å². The number of carbonyl (C=O) groups is 2. The van der Waals surface area contributed by atoms with Gasteiger partial charge in [-0.3, -0.25) is 4.79 Å². The number of benzene rings is 1. The van der Waals surface area contributed by atoms with Gasteiger partial charge in [-0.2, -0.15) is 0 Å². The van der Waals surface area contributed by atoms with Crippen LogP contribution in [0.3, 0.4) is 0 Å². The number of nitrogens with two attached hydrogens (primary N) is 1. The Hall–Kier alpha value is -2.08. The highest BCUT2D eigenvalue weighted by molar-refractivity contribution is 5.96. The van der Waals surface area contributed by atoms with Crippen molar-refractivity contribution < 1.29 is 19.8 Å². The van der Waals surface area contributed by atoms with Crippen LogP contribution in [0.25, 0.3) is 0 Å². The van der Waals surface area contributed by atoms with Gasteiger partial charge in [0.15, 0.2) is 0 Å². The molecular weight excluding hydrogens is 224 g/mol. The lowest BCUT2D eigenvalue weighted by Crippen LogP contribution is -2.26. The largest absolute Gasteiger partial charge is 0.507 e. The van der Waals surface area contributed by atoms with Crippen LogP contribution in [-0.4, -0.2) is 28.6 Å². The molecule has 1 aromatic carbocycles. The molecule has 17 heavy (non-hydrogen) atoms. The Balaban J connectivity index is 2.90. The van der Waals surface area contributed by atoms with Crippen molar-refractivity contribution in [1.82, 2.24) is 0 Å². The van der Waals surface area contributed by atoms with E-state index in [9.17, 15) is 14.7 Å². The van der Waals surface area contributed by atoms with Crippen LogP contribution in [0.5, 0.6) is 5.75 Å². The van der Waals surface area contributed by atoms with Crippen molar-refractivity contribution in [3.8, 4) is 5.75 Å². The summed E-state index contributed by atoms with van der Waals surface area (Å²) in [5.41, 5.74) is 5.38. The van der Waals surface area contributed by atoms with Gasteiger partial charge < -0.3 is 21.3 Å². The van der Waals surface area contributed by atoms with Crippen molar-refractivity contribution in [2.24, 2.45) is 11.7 Å². The predicted octanol–water partition coefficient (Wildman–Crippen LogP) is 0.624. The molecule has 1 rings (SSSR count). The molecule has 1 aromatic rings. The van der Waals surface area contributed by atoms with E-state index in [-0.39, 0.29) is 29.7 Å². The summed E-state index contributed by atoms with van der Waals surface area (Å²) in [6, 6.07) is 3.83. The topological polar surface area (TPSA) is 113 Å². The number of rotatable bonds is 4. The molecule has 0 aliphatic rings. The van der Waals surface area contributed by atoms with Gasteiger partial charge in [-0.05, 0) is 18.2 Å². The fourth-order valence-corrected chi connectivity index (χ4v) is 1.16. The van der Waals surface area contributed by atoms with Gasteiger partial charge >= 0.3 is 5.97 Å². The SMILES string of the molecule is CC(CN)C(=O)Nc1ccc(O)c(C(=O)O)c1. The molecule has 92 valence electrons. The van der Waals surface area contributed by atoms with Crippen LogP contribution in [0.2, 0.25) is 0 Å². The van der Waals surface area contributed by atoms with E-state index in [0.29, 0.717) is 5.69 Å². The molecule has 0 aliphatic carbocycles. The number of carboxylic acid groups (broad SMARTS) is 1. The molecule has 5 N–H and O–H groups in total. The van der Waals surface area contributed by atoms with Crippen LogP contribution >= 0.6 is 0 Å². The normalized spacial score (nSPS) is 11.9. The zero-order chi connectivity index (χ0) is 13.0. The third-order valence-electron chi connectivity index (χ3n) is 2.30. The van der Waals surface area contributed by atoms with Gasteiger partial charge in [0.25, 0.3) is 0 Å². The minimum atomic E-state index is -1.26. The number of aromatic hydroxyl groups is 1. The first-order chi connectivity index (χ1) is 7.95. The molecule has 0 saturated carbocycles. The number of carbonyl (C=O) groups excluding carboxylic acids is 1. The first kappa shape index (κ1) is 13.0. The third kappa shape index (κ3) is 3.18. The quantitative estimate of drug-likeness (QED) is 0.574. The number of anilines is 1. The molecule has 1 amide bonds. The Morgan fingerprint density at radius 1 is 1.47 bits per heavy atom. The summed E-state index contributed by atoms with van der Waals surface area (Å²) in [5.74, 6) is -2.26. The monoisotopic (exact) mass is 238 g/mol. The average Bonchev–Trinajstić information content (AvgIpc) is 2.30. The standard InChI is InChI=1S/C11H14N2O4/c1-6(5-12)10(15)13-7-2-3-9(14)8(4-7)11(16)17/h2-4,6,14H,5,12H2,1H3,(H,13,15)(H,16,17). The minimum absolute atomic E-state index is 0.204. The van der Waals surface area contributed by atoms with Gasteiger partial charge in [-0.15, -0.1) is 0 Å². The van der Waals surface area contributed by atoms with E-state index in [1.807, 2.05) is 0 Å². The van der Waals surface area contributed by atoms with Crippen molar-refractivity contribution in [3.05, 3.63) is 23.8 Å². The minimum Gasteiger partial charge on any atom is -0.507 e. The summed E-state index contributed by atoms with van der Waals surface area (Å²) in [6.07, 6.45) is 0. The molecular formula is C11H14N2O4. The lowest BCUT2D eigenvalue weighted by atomic mass is 10.1. The van der Waals surface area contributed by atoms with Crippen molar-refractivity contribution in [1.29, 1.82) is 0 Å². The van der Waals surface area contributed by atoms with Gasteiger partial charge in [-0.1, -0.05) is 6.92 Å². The summed E-state index contributed by atoms with van der Waals surface area (Å²) in [5, 5.41) is 20.6. The molecule has 1 unspecified atom stereocenters. The Labute approximate surface area is 98.1 Å². The van der Waals surface area contributed by atoms with Crippen LogP contribution < -0.4 is 11.1 Å². The first-order valence-electron chi connectivity index (χ1n) is 5.03. The fraction of sp³-hybridized carbons (Fsp3) is 0.273. The van der Waals surface area contributed by atoms with Gasteiger partial charge in [0.2, 0.25) is 5.91 Å². The number of carboxylic acids is 1. The molecule has 0 heterocycles. The summed E-state index contributed by atoms with van der Waals surface area (Å²) in [7, 11) is 0. The second-order valence-corrected chi connectivity index (χ2v) is 3.66. The average molecular weight is 238 g/mol. The number of nitrogens with one attached hydrogen (secondary N) is 1. The lowest BCUT2D eigenvalue weighted by Gasteiger charge is -2.10. The molecule has 6 nitrogen and oxygen atoms in total. The lowest BCUT2D eigenvalue weighted by molar-refractivity contribution is -0.119. The Kier molecular flexibility index (Phi) is 4.06. The zero-order valence-electron chi connectivity index (χ0n) is 9.30. The van der Waals surface area contributed by atoms with E-state index < -0.39 is 5.97 Å². The second kappa shape index (κ2) is 5.31. The number of hydrogen-bond acceptors (Lipinski definition) is 4. The van der Waals surface area contributed by atoms with Crippen molar-refractivity contribution >= 4 is 17.6 Å². The number of amides is 1. The van der Waals surface area contributed by atoms with E-state index in [1.54, 1.807) is 6.92 Å². The van der Waals surface area contributed by atoms with Crippen molar-refractivity contribution in [2.45, 2.75) is 6.92 Å². The highest BCUT2D eigenvalue weighted by atomic mass is 16.4. The summed E-state index contributed by atoms with van der Waals surface area (Å²) < 4.78 is 0. The van der Waals surface area contributed by atoms with E-state index in [0.717, 1.165) is 0 Å². The first-order valence-corrected chi connectivity index (χ1v) is 5.03. The maximum absolute atomic E-state index is 11.5. The number of hydrogen-bond donors (Lipinski definition) is 4. The van der Waals surface area contributed by atoms with Crippen molar-refractivity contribution in [3.63, 3.8) is 0 Å². The molecule has 0 saturated heterocycles. The number of aromatic carboxylic acids is 1. The third-order valence-corrected chi connectivity index (χ3v) is 2.30. The van der Waals surface area contributed by atoms with Crippen molar-refractivity contribution in [2.75, 3.05) is 11.9 Å². The van der Waals surface area contributed by atoms with E-state index in [1.165, 1.54) is 18.2 Å². The molecule has 0 spiro atoms. The zero-order valence-corrected chi connectivity index (χ0v) is 9.30. The molecule has 1 atom stereocenters. The Morgan fingerprint density at radius 3 is 2.65 bits per heavy atom. The van der Waals surface area contributed by atoms with Crippen LogP contribution in [0.15, 0.2) is 18.2 Å². The summed E-state index contributed by atoms with van der Waals surface area (Å²) in [6.45, 7) is 1.86. The van der Waals surface area contributed by atoms with E-state index >= 15 is 0 Å². The molecule has 0 bridgehead atoms. The van der Waals surface area contributed by atoms with Crippen LogP contribution in [-0.2, 0) is 4.79 Å². The maximum atomic E-state index is 11.5. The molecule has 0 fully saturated rings. The van der Waals surface area contributed by atoms with Gasteiger partial charge in [0.05, 0.1) is 0 Å². The van der Waals surface area contributed by atoms with Crippen LogP contribution in [0, 0.1) is 5.92 Å².